The number of rotatable bonds is 4. The minimum atomic E-state index is -2.82. The molecule has 0 saturated carbocycles. The van der Waals surface area contributed by atoms with Crippen LogP contribution in [0.15, 0.2) is 39.7 Å². The van der Waals surface area contributed by atoms with E-state index in [1.165, 1.54) is 12.4 Å². The Morgan fingerprint density at radius 1 is 1.12 bits per heavy atom. The number of nitrogens with zero attached hydrogens (tertiary/aromatic N) is 5. The first kappa shape index (κ1) is 15.6. The summed E-state index contributed by atoms with van der Waals surface area (Å²) in [5.74, 6) is -0.485. The average Bonchev–Trinajstić information content (AvgIpc) is 3.25. The number of hydrogen-bond acceptors (Lipinski definition) is 7. The van der Waals surface area contributed by atoms with Crippen LogP contribution in [0.4, 0.5) is 20.4 Å². The molecule has 0 bridgehead atoms. The predicted molar refractivity (Wildman–Crippen MR) is 87.4 cm³/mol. The summed E-state index contributed by atoms with van der Waals surface area (Å²) in [6.07, 6.45) is 1.59. The van der Waals surface area contributed by atoms with Gasteiger partial charge in [0.15, 0.2) is 0 Å². The lowest BCUT2D eigenvalue weighted by atomic mass is 10.3. The molecule has 4 rings (SSSR count). The lowest BCUT2D eigenvalue weighted by Crippen LogP contribution is -1.97. The first-order chi connectivity index (χ1) is 12.1. The summed E-state index contributed by atoms with van der Waals surface area (Å²) in [7, 11) is 0. The summed E-state index contributed by atoms with van der Waals surface area (Å²) >= 11 is 3.44. The van der Waals surface area contributed by atoms with Gasteiger partial charge in [0.05, 0.1) is 17.4 Å². The van der Waals surface area contributed by atoms with E-state index in [1.54, 1.807) is 6.33 Å². The van der Waals surface area contributed by atoms with E-state index in [1.807, 2.05) is 12.1 Å². The fourth-order valence-electron chi connectivity index (χ4n) is 2.15. The van der Waals surface area contributed by atoms with Gasteiger partial charge in [0.2, 0.25) is 5.95 Å². The van der Waals surface area contributed by atoms with Crippen LogP contribution in [-0.4, -0.2) is 30.1 Å². The first-order valence-electron chi connectivity index (χ1n) is 6.94. The molecule has 0 atom stereocenters. The molecular weight excluding hydrogens is 400 g/mol. The van der Waals surface area contributed by atoms with Crippen molar-refractivity contribution in [2.24, 2.45) is 0 Å². The molecule has 0 unspecified atom stereocenters. The van der Waals surface area contributed by atoms with E-state index in [2.05, 4.69) is 51.4 Å². The Hall–Kier alpha value is -2.95. The Balaban J connectivity index is 1.56. The van der Waals surface area contributed by atoms with Gasteiger partial charge >= 0.3 is 6.43 Å². The minimum Gasteiger partial charge on any atom is -0.415 e. The second-order valence-electron chi connectivity index (χ2n) is 4.92. The van der Waals surface area contributed by atoms with Crippen molar-refractivity contribution in [2.75, 3.05) is 5.32 Å². The highest BCUT2D eigenvalue weighted by atomic mass is 79.9. The zero-order valence-electron chi connectivity index (χ0n) is 12.2. The molecule has 0 aliphatic carbocycles. The van der Waals surface area contributed by atoms with Gasteiger partial charge in [0.1, 0.15) is 5.52 Å². The molecule has 25 heavy (non-hydrogen) atoms. The molecular formula is C14H8BrF2N7O. The van der Waals surface area contributed by atoms with Gasteiger partial charge < -0.3 is 14.7 Å². The maximum absolute atomic E-state index is 12.5. The van der Waals surface area contributed by atoms with Crippen molar-refractivity contribution in [2.45, 2.75) is 6.43 Å². The van der Waals surface area contributed by atoms with Crippen LogP contribution in [0.5, 0.6) is 0 Å². The average molecular weight is 408 g/mol. The standard InChI is InChI=1S/C14H8BrF2N7O/c15-8-1-7(2-9-10(8)21-5-20-9)22-14-18-3-6(4-19-14)12-23-24-13(25-12)11(16)17/h1-5,11H,(H,20,21)(H,18,19,22). The third-order valence-corrected chi connectivity index (χ3v) is 3.86. The van der Waals surface area contributed by atoms with Gasteiger partial charge in [-0.1, -0.05) is 0 Å². The van der Waals surface area contributed by atoms with Crippen LogP contribution in [0.2, 0.25) is 0 Å². The van der Waals surface area contributed by atoms with E-state index in [0.717, 1.165) is 21.2 Å². The van der Waals surface area contributed by atoms with Gasteiger partial charge in [0.25, 0.3) is 11.8 Å². The fourth-order valence-corrected chi connectivity index (χ4v) is 2.71. The highest BCUT2D eigenvalue weighted by molar-refractivity contribution is 9.10. The Morgan fingerprint density at radius 2 is 1.92 bits per heavy atom. The number of anilines is 2. The molecule has 0 amide bonds. The molecule has 11 heteroatoms. The molecule has 0 spiro atoms. The number of benzene rings is 1. The van der Waals surface area contributed by atoms with E-state index < -0.39 is 12.3 Å². The third-order valence-electron chi connectivity index (χ3n) is 3.26. The van der Waals surface area contributed by atoms with Crippen LogP contribution in [-0.2, 0) is 0 Å². The molecule has 0 radical (unpaired) electrons. The molecule has 2 N–H and O–H groups in total. The Kier molecular flexibility index (Phi) is 3.84. The molecule has 3 heterocycles. The first-order valence-corrected chi connectivity index (χ1v) is 7.73. The number of nitrogens with one attached hydrogen (secondary N) is 2. The fraction of sp³-hybridized carbons (Fsp3) is 0.0714. The number of H-pyrrole nitrogens is 1. The van der Waals surface area contributed by atoms with Crippen LogP contribution >= 0.6 is 15.9 Å². The van der Waals surface area contributed by atoms with Crippen molar-refractivity contribution in [1.82, 2.24) is 30.1 Å². The second kappa shape index (κ2) is 6.16. The van der Waals surface area contributed by atoms with Crippen LogP contribution in [0.1, 0.15) is 12.3 Å². The molecule has 0 saturated heterocycles. The molecule has 3 aromatic heterocycles. The smallest absolute Gasteiger partial charge is 0.314 e. The summed E-state index contributed by atoms with van der Waals surface area (Å²) in [5, 5.41) is 9.85. The van der Waals surface area contributed by atoms with Gasteiger partial charge in [-0.15, -0.1) is 10.2 Å². The topological polar surface area (TPSA) is 105 Å². The highest BCUT2D eigenvalue weighted by Gasteiger charge is 2.17. The number of hydrogen-bond donors (Lipinski definition) is 2. The largest absolute Gasteiger partial charge is 0.415 e. The van der Waals surface area contributed by atoms with Gasteiger partial charge in [-0.2, -0.15) is 8.78 Å². The van der Waals surface area contributed by atoms with Crippen molar-refractivity contribution in [1.29, 1.82) is 0 Å². The van der Waals surface area contributed by atoms with Gasteiger partial charge in [0, 0.05) is 22.6 Å². The molecule has 4 aromatic rings. The molecule has 0 aliphatic rings. The summed E-state index contributed by atoms with van der Waals surface area (Å²) in [6, 6.07) is 3.70. The summed E-state index contributed by atoms with van der Waals surface area (Å²) < 4.78 is 30.6. The summed E-state index contributed by atoms with van der Waals surface area (Å²) in [5.41, 5.74) is 2.75. The van der Waals surface area contributed by atoms with Crippen molar-refractivity contribution < 1.29 is 13.2 Å². The van der Waals surface area contributed by atoms with Gasteiger partial charge in [-0.25, -0.2) is 15.0 Å². The van der Waals surface area contributed by atoms with E-state index in [0.29, 0.717) is 11.5 Å². The molecule has 126 valence electrons. The van der Waals surface area contributed by atoms with Crippen molar-refractivity contribution >= 4 is 38.6 Å². The number of fused-ring (bicyclic) bond motifs is 1. The highest BCUT2D eigenvalue weighted by Crippen LogP contribution is 2.27. The molecule has 1 aromatic carbocycles. The van der Waals surface area contributed by atoms with Crippen molar-refractivity contribution in [3.63, 3.8) is 0 Å². The maximum Gasteiger partial charge on any atom is 0.314 e. The molecule has 0 aliphatic heterocycles. The predicted octanol–water partition coefficient (Wildman–Crippen LogP) is 3.85. The monoisotopic (exact) mass is 407 g/mol. The zero-order valence-corrected chi connectivity index (χ0v) is 13.8. The van der Waals surface area contributed by atoms with Crippen LogP contribution in [0.25, 0.3) is 22.5 Å². The summed E-state index contributed by atoms with van der Waals surface area (Å²) in [4.78, 5) is 15.5. The van der Waals surface area contributed by atoms with Crippen LogP contribution < -0.4 is 5.32 Å². The van der Waals surface area contributed by atoms with E-state index in [9.17, 15) is 8.78 Å². The number of aromatic amines is 1. The normalized spacial score (nSPS) is 11.4. The molecule has 0 fully saturated rings. The quantitative estimate of drug-likeness (QED) is 0.529. The van der Waals surface area contributed by atoms with Crippen LogP contribution in [0.3, 0.4) is 0 Å². The second-order valence-corrected chi connectivity index (χ2v) is 5.78. The Labute approximate surface area is 146 Å². The Bertz CT molecular complexity index is 1030. The van der Waals surface area contributed by atoms with E-state index in [4.69, 9.17) is 4.42 Å². The lowest BCUT2D eigenvalue weighted by molar-refractivity contribution is 0.116. The van der Waals surface area contributed by atoms with E-state index in [-0.39, 0.29) is 5.89 Å². The summed E-state index contributed by atoms with van der Waals surface area (Å²) in [6.45, 7) is 0. The number of halogens is 3. The maximum atomic E-state index is 12.5. The van der Waals surface area contributed by atoms with Crippen LogP contribution in [0, 0.1) is 0 Å². The van der Waals surface area contributed by atoms with Crippen molar-refractivity contribution in [3.05, 3.63) is 41.2 Å². The zero-order chi connectivity index (χ0) is 17.4. The number of imidazole rings is 1. The van der Waals surface area contributed by atoms with Gasteiger partial charge in [-0.3, -0.25) is 0 Å². The number of aromatic nitrogens is 6. The Morgan fingerprint density at radius 3 is 2.64 bits per heavy atom. The van der Waals surface area contributed by atoms with Gasteiger partial charge in [-0.05, 0) is 28.1 Å². The van der Waals surface area contributed by atoms with E-state index >= 15 is 0 Å². The minimum absolute atomic E-state index is 0.0662. The SMILES string of the molecule is FC(F)c1nnc(-c2cnc(Nc3cc(Br)c4nc[nH]c4c3)nc2)o1. The third kappa shape index (κ3) is 3.05. The van der Waals surface area contributed by atoms with Crippen molar-refractivity contribution in [3.8, 4) is 11.5 Å². The molecule has 8 nitrogen and oxygen atoms in total. The number of alkyl halides is 2. The lowest BCUT2D eigenvalue weighted by Gasteiger charge is -2.06.